The van der Waals surface area contributed by atoms with Gasteiger partial charge in [0.15, 0.2) is 12.6 Å². The van der Waals surface area contributed by atoms with Crippen LogP contribution in [-0.2, 0) is 28.4 Å². The van der Waals surface area contributed by atoms with Gasteiger partial charge in [-0.15, -0.1) is 0 Å². The zero-order chi connectivity index (χ0) is 32.0. The van der Waals surface area contributed by atoms with E-state index in [1.807, 2.05) is 13.8 Å². The van der Waals surface area contributed by atoms with E-state index >= 15 is 0 Å². The minimum Gasteiger partial charge on any atom is -0.502 e. The molecule has 2 aliphatic rings. The molecule has 0 amide bonds. The summed E-state index contributed by atoms with van der Waals surface area (Å²) < 4.78 is 33.3. The van der Waals surface area contributed by atoms with E-state index in [0.29, 0.717) is 30.3 Å². The van der Waals surface area contributed by atoms with Gasteiger partial charge in [-0.25, -0.2) is 0 Å². The monoisotopic (exact) mass is 806 g/mol. The van der Waals surface area contributed by atoms with Crippen LogP contribution in [0.5, 0.6) is 0 Å². The van der Waals surface area contributed by atoms with Crippen molar-refractivity contribution in [1.82, 2.24) is 0 Å². The molecule has 1 N–H and O–H groups in total. The summed E-state index contributed by atoms with van der Waals surface area (Å²) in [4.78, 5) is 0. The SMILES string of the molecule is C=COCC1CCC(COC=C)CC1.CC(OCCCBr)OCC1CCC(COC(C)OCCCBr)CC1.OCCCBr. The average molecular weight is 810 g/mol. The Morgan fingerprint density at radius 3 is 1.16 bits per heavy atom. The quantitative estimate of drug-likeness (QED) is 0.0507. The molecular weight excluding hydrogens is 748 g/mol. The molecule has 0 aromatic rings. The summed E-state index contributed by atoms with van der Waals surface area (Å²) in [5.74, 6) is 2.76. The van der Waals surface area contributed by atoms with Crippen molar-refractivity contribution in [2.75, 3.05) is 62.2 Å². The molecule has 0 aromatic carbocycles. The number of hydrogen-bond acceptors (Lipinski definition) is 7. The Morgan fingerprint density at radius 2 is 0.907 bits per heavy atom. The molecule has 2 saturated carbocycles. The second-order valence-corrected chi connectivity index (χ2v) is 13.5. The molecule has 43 heavy (non-hydrogen) atoms. The molecule has 0 aliphatic heterocycles. The van der Waals surface area contributed by atoms with Gasteiger partial charge in [-0.05, 0) is 108 Å². The van der Waals surface area contributed by atoms with Crippen molar-refractivity contribution in [2.24, 2.45) is 23.7 Å². The van der Waals surface area contributed by atoms with Gasteiger partial charge >= 0.3 is 0 Å². The lowest BCUT2D eigenvalue weighted by Crippen LogP contribution is -2.26. The third-order valence-corrected chi connectivity index (χ3v) is 9.20. The number of rotatable bonds is 22. The largest absolute Gasteiger partial charge is 0.502 e. The summed E-state index contributed by atoms with van der Waals surface area (Å²) in [6, 6.07) is 0. The summed E-state index contributed by atoms with van der Waals surface area (Å²) in [7, 11) is 0. The highest BCUT2D eigenvalue weighted by Crippen LogP contribution is 2.30. The zero-order valence-electron chi connectivity index (χ0n) is 26.9. The molecule has 0 aromatic heterocycles. The molecule has 10 heteroatoms. The number of halogens is 3. The van der Waals surface area contributed by atoms with Crippen LogP contribution in [0.3, 0.4) is 0 Å². The van der Waals surface area contributed by atoms with Gasteiger partial charge in [-0.3, -0.25) is 0 Å². The summed E-state index contributed by atoms with van der Waals surface area (Å²) in [5, 5.41) is 10.9. The smallest absolute Gasteiger partial charge is 0.154 e. The third-order valence-electron chi connectivity index (χ3n) is 7.52. The third kappa shape index (κ3) is 27.2. The van der Waals surface area contributed by atoms with E-state index in [-0.39, 0.29) is 12.6 Å². The van der Waals surface area contributed by atoms with Crippen LogP contribution in [0, 0.1) is 23.7 Å². The topological polar surface area (TPSA) is 75.6 Å². The minimum atomic E-state index is -0.0948. The first-order valence-electron chi connectivity index (χ1n) is 16.1. The van der Waals surface area contributed by atoms with Gasteiger partial charge < -0.3 is 33.5 Å². The Labute approximate surface area is 288 Å². The van der Waals surface area contributed by atoms with E-state index < -0.39 is 0 Å². The maximum absolute atomic E-state index is 8.04. The average Bonchev–Trinajstić information content (AvgIpc) is 3.03. The predicted molar refractivity (Wildman–Crippen MR) is 188 cm³/mol. The lowest BCUT2D eigenvalue weighted by molar-refractivity contribution is -0.147. The van der Waals surface area contributed by atoms with Crippen LogP contribution >= 0.6 is 47.8 Å². The van der Waals surface area contributed by atoms with Gasteiger partial charge in [0.25, 0.3) is 0 Å². The summed E-state index contributed by atoms with van der Waals surface area (Å²) >= 11 is 9.96. The van der Waals surface area contributed by atoms with Gasteiger partial charge in [0.05, 0.1) is 52.2 Å². The van der Waals surface area contributed by atoms with Crippen LogP contribution < -0.4 is 0 Å². The van der Waals surface area contributed by atoms with Gasteiger partial charge in [0, 0.05) is 22.6 Å². The summed E-state index contributed by atoms with van der Waals surface area (Å²) in [6.07, 6.45) is 15.7. The fraction of sp³-hybridized carbons (Fsp3) is 0.879. The van der Waals surface area contributed by atoms with Crippen molar-refractivity contribution in [3.05, 3.63) is 25.7 Å². The Kier molecular flexibility index (Phi) is 32.5. The highest BCUT2D eigenvalue weighted by molar-refractivity contribution is 9.09. The first kappa shape index (κ1) is 43.3. The van der Waals surface area contributed by atoms with E-state index in [0.717, 1.165) is 74.9 Å². The molecule has 256 valence electrons. The lowest BCUT2D eigenvalue weighted by Gasteiger charge is -2.29. The first-order chi connectivity index (χ1) is 20.9. The molecule has 2 fully saturated rings. The number of hydrogen-bond donors (Lipinski definition) is 1. The van der Waals surface area contributed by atoms with Crippen LogP contribution in [0.1, 0.15) is 84.5 Å². The van der Waals surface area contributed by atoms with Crippen LogP contribution in [0.2, 0.25) is 0 Å². The van der Waals surface area contributed by atoms with E-state index in [4.69, 9.17) is 33.5 Å². The Hall–Kier alpha value is 0.320. The van der Waals surface area contributed by atoms with Crippen molar-refractivity contribution in [3.8, 4) is 0 Å². The molecule has 0 saturated heterocycles. The van der Waals surface area contributed by atoms with Crippen LogP contribution in [-0.4, -0.2) is 79.9 Å². The molecule has 0 radical (unpaired) electrons. The van der Waals surface area contributed by atoms with E-state index in [1.165, 1.54) is 63.9 Å². The Morgan fingerprint density at radius 1 is 0.581 bits per heavy atom. The zero-order valence-corrected chi connectivity index (χ0v) is 31.7. The van der Waals surface area contributed by atoms with Crippen molar-refractivity contribution >= 4 is 47.8 Å². The van der Waals surface area contributed by atoms with Gasteiger partial charge in [0.1, 0.15) is 0 Å². The van der Waals surface area contributed by atoms with Gasteiger partial charge in [0.2, 0.25) is 0 Å². The number of aliphatic hydroxyl groups excluding tert-OH is 1. The second-order valence-electron chi connectivity index (χ2n) is 11.2. The minimum absolute atomic E-state index is 0.0948. The molecule has 2 unspecified atom stereocenters. The summed E-state index contributed by atoms with van der Waals surface area (Å²) in [5.41, 5.74) is 0. The van der Waals surface area contributed by atoms with Gasteiger partial charge in [-0.2, -0.15) is 0 Å². The fourth-order valence-corrected chi connectivity index (χ4v) is 5.55. The van der Waals surface area contributed by atoms with E-state index in [9.17, 15) is 0 Å². The number of ether oxygens (including phenoxy) is 6. The van der Waals surface area contributed by atoms with Crippen LogP contribution in [0.25, 0.3) is 0 Å². The van der Waals surface area contributed by atoms with E-state index in [1.54, 1.807) is 0 Å². The number of alkyl halides is 3. The molecule has 0 spiro atoms. The van der Waals surface area contributed by atoms with Crippen molar-refractivity contribution in [3.63, 3.8) is 0 Å². The molecule has 2 rings (SSSR count). The lowest BCUT2D eigenvalue weighted by atomic mass is 9.83. The molecule has 7 nitrogen and oxygen atoms in total. The molecule has 0 heterocycles. The highest BCUT2D eigenvalue weighted by atomic mass is 79.9. The summed E-state index contributed by atoms with van der Waals surface area (Å²) in [6.45, 7) is 16.2. The Balaban J connectivity index is 0.000000777. The number of aliphatic hydroxyl groups is 1. The fourth-order valence-electron chi connectivity index (χ4n) is 4.84. The van der Waals surface area contributed by atoms with Crippen molar-refractivity contribution in [1.29, 1.82) is 0 Å². The Bertz CT molecular complexity index is 551. The standard InChI is InChI=1S/C18H34Br2O4.C12H20O2.C3H7BrO/c1-15(21-11-3-9-19)23-13-17-5-7-18(8-6-17)14-24-16(2)22-12-4-10-20;1-3-13-9-11-5-7-12(8-6-11)10-14-4-2;4-2-1-3-5/h15-18H,3-14H2,1-2H3;3-4,11-12H,1-2,5-10H2;5H,1-3H2. The molecule has 2 aliphatic carbocycles. The van der Waals surface area contributed by atoms with Crippen LogP contribution in [0.15, 0.2) is 25.7 Å². The molecule has 2 atom stereocenters. The molecular formula is C33H61Br3O7. The van der Waals surface area contributed by atoms with Crippen LogP contribution in [0.4, 0.5) is 0 Å². The van der Waals surface area contributed by atoms with Crippen molar-refractivity contribution < 1.29 is 33.5 Å². The first-order valence-corrected chi connectivity index (χ1v) is 19.5. The highest BCUT2D eigenvalue weighted by Gasteiger charge is 2.23. The van der Waals surface area contributed by atoms with Gasteiger partial charge in [-0.1, -0.05) is 60.9 Å². The normalized spacial score (nSPS) is 23.0. The van der Waals surface area contributed by atoms with E-state index in [2.05, 4.69) is 60.9 Å². The molecule has 0 bridgehead atoms. The second kappa shape index (κ2) is 32.3. The predicted octanol–water partition coefficient (Wildman–Crippen LogP) is 9.00. The maximum atomic E-state index is 8.04. The van der Waals surface area contributed by atoms with Crippen molar-refractivity contribution in [2.45, 2.75) is 97.1 Å². The maximum Gasteiger partial charge on any atom is 0.154 e.